The van der Waals surface area contributed by atoms with Crippen LogP contribution in [-0.4, -0.2) is 27.6 Å². The van der Waals surface area contributed by atoms with Crippen LogP contribution in [0.3, 0.4) is 0 Å². The lowest BCUT2D eigenvalue weighted by molar-refractivity contribution is 0.553. The molecule has 0 aliphatic carbocycles. The Hall–Kier alpha value is -1.88. The van der Waals surface area contributed by atoms with E-state index in [-0.39, 0.29) is 0 Å². The van der Waals surface area contributed by atoms with Crippen molar-refractivity contribution in [2.45, 2.75) is 39.4 Å². The molecule has 1 aliphatic heterocycles. The molecule has 1 atom stereocenters. The molecule has 1 unspecified atom stereocenters. The third-order valence-electron chi connectivity index (χ3n) is 4.04. The standard InChI is InChI=1S/C16H23N5/c1-3-6-17-13(2)14-4-5-15(19-11-14)21-10-9-20-8-7-18-16(20)12-21/h4-5,7-8,11,13,17H,3,6,9-10,12H2,1-2H3. The normalized spacial score (nSPS) is 15.8. The zero-order chi connectivity index (χ0) is 14.7. The number of nitrogens with zero attached hydrogens (tertiary/aromatic N) is 4. The van der Waals surface area contributed by atoms with Crippen LogP contribution in [-0.2, 0) is 13.1 Å². The predicted molar refractivity (Wildman–Crippen MR) is 84.2 cm³/mol. The fraction of sp³-hybridized carbons (Fsp3) is 0.500. The number of aromatic nitrogens is 3. The first-order valence-corrected chi connectivity index (χ1v) is 7.72. The molecule has 21 heavy (non-hydrogen) atoms. The lowest BCUT2D eigenvalue weighted by Gasteiger charge is -2.28. The van der Waals surface area contributed by atoms with Gasteiger partial charge in [0.05, 0.1) is 6.54 Å². The number of rotatable bonds is 5. The van der Waals surface area contributed by atoms with Crippen molar-refractivity contribution in [3.63, 3.8) is 0 Å². The number of anilines is 1. The predicted octanol–water partition coefficient (Wildman–Crippen LogP) is 2.36. The van der Waals surface area contributed by atoms with E-state index in [9.17, 15) is 0 Å². The van der Waals surface area contributed by atoms with Gasteiger partial charge in [0.15, 0.2) is 0 Å². The highest BCUT2D eigenvalue weighted by Crippen LogP contribution is 2.20. The van der Waals surface area contributed by atoms with Gasteiger partial charge < -0.3 is 14.8 Å². The van der Waals surface area contributed by atoms with Crippen LogP contribution in [0.2, 0.25) is 0 Å². The minimum absolute atomic E-state index is 0.353. The van der Waals surface area contributed by atoms with Crippen LogP contribution in [0, 0.1) is 0 Å². The van der Waals surface area contributed by atoms with Crippen molar-refractivity contribution < 1.29 is 0 Å². The molecule has 3 rings (SSSR count). The molecular formula is C16H23N5. The summed E-state index contributed by atoms with van der Waals surface area (Å²) in [6.07, 6.45) is 7.06. The highest BCUT2D eigenvalue weighted by atomic mass is 15.3. The van der Waals surface area contributed by atoms with Crippen molar-refractivity contribution >= 4 is 5.82 Å². The van der Waals surface area contributed by atoms with Crippen LogP contribution < -0.4 is 10.2 Å². The van der Waals surface area contributed by atoms with Crippen molar-refractivity contribution in [2.24, 2.45) is 0 Å². The number of nitrogens with one attached hydrogen (secondary N) is 1. The van der Waals surface area contributed by atoms with Gasteiger partial charge in [0, 0.05) is 37.7 Å². The second-order valence-corrected chi connectivity index (χ2v) is 5.58. The molecular weight excluding hydrogens is 262 g/mol. The van der Waals surface area contributed by atoms with Crippen LogP contribution in [0.4, 0.5) is 5.82 Å². The lowest BCUT2D eigenvalue weighted by Crippen LogP contribution is -2.34. The third-order valence-corrected chi connectivity index (χ3v) is 4.04. The molecule has 0 saturated heterocycles. The molecule has 2 aromatic rings. The third kappa shape index (κ3) is 3.08. The average molecular weight is 285 g/mol. The Morgan fingerprint density at radius 2 is 2.19 bits per heavy atom. The molecule has 112 valence electrons. The highest BCUT2D eigenvalue weighted by molar-refractivity contribution is 5.40. The van der Waals surface area contributed by atoms with E-state index in [1.54, 1.807) is 0 Å². The first-order chi connectivity index (χ1) is 10.3. The van der Waals surface area contributed by atoms with Gasteiger partial charge in [-0.05, 0) is 31.5 Å². The van der Waals surface area contributed by atoms with E-state index in [0.29, 0.717) is 6.04 Å². The zero-order valence-corrected chi connectivity index (χ0v) is 12.8. The fourth-order valence-electron chi connectivity index (χ4n) is 2.69. The summed E-state index contributed by atoms with van der Waals surface area (Å²) in [7, 11) is 0. The number of imidazole rings is 1. The van der Waals surface area contributed by atoms with E-state index in [1.807, 2.05) is 18.6 Å². The minimum Gasteiger partial charge on any atom is -0.347 e. The Balaban J connectivity index is 1.67. The second kappa shape index (κ2) is 6.26. The molecule has 5 heteroatoms. The molecule has 0 fully saturated rings. The van der Waals surface area contributed by atoms with Gasteiger partial charge >= 0.3 is 0 Å². The zero-order valence-electron chi connectivity index (χ0n) is 12.8. The quantitative estimate of drug-likeness (QED) is 0.916. The summed E-state index contributed by atoms with van der Waals surface area (Å²) in [5.41, 5.74) is 1.24. The first kappa shape index (κ1) is 14.1. The van der Waals surface area contributed by atoms with Gasteiger partial charge in [0.2, 0.25) is 0 Å². The minimum atomic E-state index is 0.353. The summed E-state index contributed by atoms with van der Waals surface area (Å²) in [6.45, 7) is 8.21. The van der Waals surface area contributed by atoms with Gasteiger partial charge in [0.1, 0.15) is 11.6 Å². The Morgan fingerprint density at radius 1 is 1.29 bits per heavy atom. The van der Waals surface area contributed by atoms with Crippen molar-refractivity contribution in [1.82, 2.24) is 19.9 Å². The van der Waals surface area contributed by atoms with Crippen LogP contribution in [0.5, 0.6) is 0 Å². The SMILES string of the molecule is CCCNC(C)c1ccc(N2CCn3ccnc3C2)nc1. The summed E-state index contributed by atoms with van der Waals surface area (Å²) in [5.74, 6) is 2.15. The smallest absolute Gasteiger partial charge is 0.128 e. The first-order valence-electron chi connectivity index (χ1n) is 7.72. The maximum atomic E-state index is 4.64. The van der Waals surface area contributed by atoms with Gasteiger partial charge in [-0.2, -0.15) is 0 Å². The van der Waals surface area contributed by atoms with Crippen LogP contribution in [0.15, 0.2) is 30.7 Å². The summed E-state index contributed by atoms with van der Waals surface area (Å²) in [5, 5.41) is 3.49. The Labute approximate surface area is 126 Å². The molecule has 0 bridgehead atoms. The molecule has 0 saturated carbocycles. The van der Waals surface area contributed by atoms with E-state index in [0.717, 1.165) is 44.2 Å². The van der Waals surface area contributed by atoms with Crippen LogP contribution >= 0.6 is 0 Å². The lowest BCUT2D eigenvalue weighted by atomic mass is 10.1. The van der Waals surface area contributed by atoms with Crippen molar-refractivity contribution in [3.8, 4) is 0 Å². The van der Waals surface area contributed by atoms with Crippen molar-refractivity contribution in [3.05, 3.63) is 42.1 Å². The second-order valence-electron chi connectivity index (χ2n) is 5.58. The van der Waals surface area contributed by atoms with E-state index in [1.165, 1.54) is 5.56 Å². The molecule has 0 aromatic carbocycles. The van der Waals surface area contributed by atoms with E-state index >= 15 is 0 Å². The Bertz CT molecular complexity index is 575. The number of pyridine rings is 1. The van der Waals surface area contributed by atoms with Gasteiger partial charge in [-0.15, -0.1) is 0 Å². The maximum Gasteiger partial charge on any atom is 0.128 e. The van der Waals surface area contributed by atoms with Crippen molar-refractivity contribution in [1.29, 1.82) is 0 Å². The number of hydrogen-bond donors (Lipinski definition) is 1. The van der Waals surface area contributed by atoms with E-state index < -0.39 is 0 Å². The molecule has 1 aliphatic rings. The van der Waals surface area contributed by atoms with E-state index in [4.69, 9.17) is 0 Å². The topological polar surface area (TPSA) is 46.0 Å². The molecule has 1 N–H and O–H groups in total. The summed E-state index contributed by atoms with van der Waals surface area (Å²) >= 11 is 0. The Morgan fingerprint density at radius 3 is 2.95 bits per heavy atom. The van der Waals surface area contributed by atoms with E-state index in [2.05, 4.69) is 50.7 Å². The maximum absolute atomic E-state index is 4.64. The molecule has 0 amide bonds. The van der Waals surface area contributed by atoms with Gasteiger partial charge in [-0.3, -0.25) is 0 Å². The van der Waals surface area contributed by atoms with Gasteiger partial charge in [0.25, 0.3) is 0 Å². The average Bonchev–Trinajstić information content (AvgIpc) is 3.00. The largest absolute Gasteiger partial charge is 0.347 e. The summed E-state index contributed by atoms with van der Waals surface area (Å²) in [4.78, 5) is 11.3. The molecule has 5 nitrogen and oxygen atoms in total. The molecule has 2 aromatic heterocycles. The summed E-state index contributed by atoms with van der Waals surface area (Å²) in [6, 6.07) is 4.65. The fourth-order valence-corrected chi connectivity index (χ4v) is 2.69. The molecule has 0 spiro atoms. The van der Waals surface area contributed by atoms with Crippen molar-refractivity contribution in [2.75, 3.05) is 18.0 Å². The van der Waals surface area contributed by atoms with Gasteiger partial charge in [-0.1, -0.05) is 13.0 Å². The Kier molecular flexibility index (Phi) is 4.20. The van der Waals surface area contributed by atoms with Crippen LogP contribution in [0.1, 0.15) is 37.7 Å². The highest BCUT2D eigenvalue weighted by Gasteiger charge is 2.17. The van der Waals surface area contributed by atoms with Crippen LogP contribution in [0.25, 0.3) is 0 Å². The summed E-state index contributed by atoms with van der Waals surface area (Å²) < 4.78 is 2.21. The number of fused-ring (bicyclic) bond motifs is 1. The number of hydrogen-bond acceptors (Lipinski definition) is 4. The van der Waals surface area contributed by atoms with Gasteiger partial charge in [-0.25, -0.2) is 9.97 Å². The molecule has 3 heterocycles. The monoisotopic (exact) mass is 285 g/mol. The molecule has 0 radical (unpaired) electrons.